The first-order valence-corrected chi connectivity index (χ1v) is 9.06. The van der Waals surface area contributed by atoms with Crippen molar-refractivity contribution in [3.63, 3.8) is 0 Å². The summed E-state index contributed by atoms with van der Waals surface area (Å²) < 4.78 is 0. The molecule has 5 heteroatoms. The monoisotopic (exact) mass is 351 g/mol. The van der Waals surface area contributed by atoms with Crippen LogP contribution < -0.4 is 10.6 Å². The SMILES string of the molecule is Cc1ccc(Nc2nc(C(=O)N[C@H](C)c3ccccc3)cs2)c(C)c1. The van der Waals surface area contributed by atoms with Gasteiger partial charge >= 0.3 is 0 Å². The Morgan fingerprint density at radius 3 is 2.60 bits per heavy atom. The molecule has 2 N–H and O–H groups in total. The molecule has 1 atom stereocenters. The number of anilines is 2. The summed E-state index contributed by atoms with van der Waals surface area (Å²) in [6.45, 7) is 6.09. The van der Waals surface area contributed by atoms with Crippen molar-refractivity contribution in [3.05, 3.63) is 76.3 Å². The number of hydrogen-bond acceptors (Lipinski definition) is 4. The summed E-state index contributed by atoms with van der Waals surface area (Å²) in [6, 6.07) is 16.0. The predicted octanol–water partition coefficient (Wildman–Crippen LogP) is 4.99. The van der Waals surface area contributed by atoms with Gasteiger partial charge in [-0.25, -0.2) is 4.98 Å². The first-order valence-electron chi connectivity index (χ1n) is 8.18. The summed E-state index contributed by atoms with van der Waals surface area (Å²) in [5, 5.41) is 8.76. The van der Waals surface area contributed by atoms with Gasteiger partial charge in [0.1, 0.15) is 5.69 Å². The Labute approximate surface area is 151 Å². The van der Waals surface area contributed by atoms with Crippen molar-refractivity contribution in [2.45, 2.75) is 26.8 Å². The normalized spacial score (nSPS) is 11.8. The van der Waals surface area contributed by atoms with Gasteiger partial charge in [-0.05, 0) is 38.0 Å². The Kier molecular flexibility index (Phi) is 5.14. The molecule has 3 aromatic rings. The molecule has 0 saturated carbocycles. The second-order valence-electron chi connectivity index (χ2n) is 6.09. The molecule has 0 aliphatic rings. The van der Waals surface area contributed by atoms with E-state index in [1.807, 2.05) is 43.3 Å². The van der Waals surface area contributed by atoms with E-state index in [0.29, 0.717) is 10.8 Å². The number of aromatic nitrogens is 1. The lowest BCUT2D eigenvalue weighted by atomic mass is 10.1. The standard InChI is InChI=1S/C20H21N3OS/c1-13-9-10-17(14(2)11-13)22-20-23-18(12-25-20)19(24)21-15(3)16-7-5-4-6-8-16/h4-12,15H,1-3H3,(H,21,24)(H,22,23)/t15-/m1/s1. The van der Waals surface area contributed by atoms with E-state index in [1.54, 1.807) is 5.38 Å². The minimum atomic E-state index is -0.165. The number of carbonyl (C=O) groups excluding carboxylic acids is 1. The molecule has 1 amide bonds. The molecule has 3 rings (SSSR count). The maximum absolute atomic E-state index is 12.4. The van der Waals surface area contributed by atoms with E-state index >= 15 is 0 Å². The Morgan fingerprint density at radius 1 is 1.12 bits per heavy atom. The fourth-order valence-corrected chi connectivity index (χ4v) is 3.30. The van der Waals surface area contributed by atoms with E-state index in [9.17, 15) is 4.79 Å². The number of aryl methyl sites for hydroxylation is 2. The number of benzene rings is 2. The van der Waals surface area contributed by atoms with Gasteiger partial charge in [0.15, 0.2) is 5.13 Å². The largest absolute Gasteiger partial charge is 0.344 e. The first kappa shape index (κ1) is 17.2. The maximum Gasteiger partial charge on any atom is 0.271 e. The summed E-state index contributed by atoms with van der Waals surface area (Å²) in [6.07, 6.45) is 0. The molecule has 1 heterocycles. The summed E-state index contributed by atoms with van der Waals surface area (Å²) in [5.74, 6) is -0.165. The van der Waals surface area contributed by atoms with Crippen molar-refractivity contribution in [1.29, 1.82) is 0 Å². The molecular weight excluding hydrogens is 330 g/mol. The third-order valence-corrected chi connectivity index (χ3v) is 4.77. The number of rotatable bonds is 5. The number of nitrogens with one attached hydrogen (secondary N) is 2. The van der Waals surface area contributed by atoms with Gasteiger partial charge in [0.2, 0.25) is 0 Å². The lowest BCUT2D eigenvalue weighted by molar-refractivity contribution is 0.0935. The zero-order chi connectivity index (χ0) is 17.8. The molecule has 2 aromatic carbocycles. The predicted molar refractivity (Wildman–Crippen MR) is 104 cm³/mol. The Hall–Kier alpha value is -2.66. The molecule has 0 aliphatic heterocycles. The fourth-order valence-electron chi connectivity index (χ4n) is 2.60. The highest BCUT2D eigenvalue weighted by Gasteiger charge is 2.14. The number of amides is 1. The summed E-state index contributed by atoms with van der Waals surface area (Å²) >= 11 is 1.43. The molecule has 0 radical (unpaired) electrons. The molecule has 128 valence electrons. The lowest BCUT2D eigenvalue weighted by Crippen LogP contribution is -2.26. The number of thiazole rings is 1. The topological polar surface area (TPSA) is 54.0 Å². The van der Waals surface area contributed by atoms with Crippen LogP contribution in [0.3, 0.4) is 0 Å². The van der Waals surface area contributed by atoms with Crippen LogP contribution in [0.2, 0.25) is 0 Å². The van der Waals surface area contributed by atoms with Gasteiger partial charge in [0.25, 0.3) is 5.91 Å². The molecule has 4 nitrogen and oxygen atoms in total. The number of carbonyl (C=O) groups is 1. The van der Waals surface area contributed by atoms with Crippen molar-refractivity contribution in [3.8, 4) is 0 Å². The molecule has 1 aromatic heterocycles. The van der Waals surface area contributed by atoms with Crippen molar-refractivity contribution < 1.29 is 4.79 Å². The molecule has 0 fully saturated rings. The average Bonchev–Trinajstić information content (AvgIpc) is 3.07. The second kappa shape index (κ2) is 7.49. The highest BCUT2D eigenvalue weighted by atomic mass is 32.1. The average molecular weight is 351 g/mol. The first-order chi connectivity index (χ1) is 12.0. The van der Waals surface area contributed by atoms with Crippen LogP contribution >= 0.6 is 11.3 Å². The minimum Gasteiger partial charge on any atom is -0.344 e. The molecule has 25 heavy (non-hydrogen) atoms. The highest BCUT2D eigenvalue weighted by Crippen LogP contribution is 2.24. The van der Waals surface area contributed by atoms with Crippen LogP contribution in [-0.4, -0.2) is 10.9 Å². The van der Waals surface area contributed by atoms with Gasteiger partial charge in [-0.15, -0.1) is 11.3 Å². The minimum absolute atomic E-state index is 0.0637. The Balaban J connectivity index is 1.67. The van der Waals surface area contributed by atoms with Gasteiger partial charge in [0, 0.05) is 11.1 Å². The van der Waals surface area contributed by atoms with Gasteiger partial charge in [0.05, 0.1) is 6.04 Å². The van der Waals surface area contributed by atoms with Crippen molar-refractivity contribution in [2.24, 2.45) is 0 Å². The van der Waals surface area contributed by atoms with Crippen LogP contribution in [0.4, 0.5) is 10.8 Å². The van der Waals surface area contributed by atoms with Crippen LogP contribution in [0.1, 0.15) is 40.1 Å². The highest BCUT2D eigenvalue weighted by molar-refractivity contribution is 7.14. The Morgan fingerprint density at radius 2 is 1.88 bits per heavy atom. The van der Waals surface area contributed by atoms with E-state index in [4.69, 9.17) is 0 Å². The van der Waals surface area contributed by atoms with E-state index in [-0.39, 0.29) is 11.9 Å². The van der Waals surface area contributed by atoms with E-state index < -0.39 is 0 Å². The van der Waals surface area contributed by atoms with Gasteiger partial charge in [-0.2, -0.15) is 0 Å². The van der Waals surface area contributed by atoms with Crippen LogP contribution in [0.15, 0.2) is 53.9 Å². The zero-order valence-electron chi connectivity index (χ0n) is 14.5. The third-order valence-electron chi connectivity index (χ3n) is 4.01. The molecule has 0 saturated heterocycles. The van der Waals surface area contributed by atoms with E-state index in [0.717, 1.165) is 16.8 Å². The quantitative estimate of drug-likeness (QED) is 0.680. The van der Waals surface area contributed by atoms with Gasteiger partial charge in [-0.3, -0.25) is 4.79 Å². The zero-order valence-corrected chi connectivity index (χ0v) is 15.4. The number of nitrogens with zero attached hydrogens (tertiary/aromatic N) is 1. The van der Waals surface area contributed by atoms with Crippen molar-refractivity contribution in [2.75, 3.05) is 5.32 Å². The van der Waals surface area contributed by atoms with Crippen LogP contribution in [0, 0.1) is 13.8 Å². The molecule has 0 spiro atoms. The van der Waals surface area contributed by atoms with Crippen molar-refractivity contribution >= 4 is 28.1 Å². The van der Waals surface area contributed by atoms with Crippen LogP contribution in [0.5, 0.6) is 0 Å². The summed E-state index contributed by atoms with van der Waals surface area (Å²) in [7, 11) is 0. The summed E-state index contributed by atoms with van der Waals surface area (Å²) in [5.41, 5.74) is 4.88. The molecule has 0 aliphatic carbocycles. The molecule has 0 bridgehead atoms. The summed E-state index contributed by atoms with van der Waals surface area (Å²) in [4.78, 5) is 16.8. The van der Waals surface area contributed by atoms with Crippen molar-refractivity contribution in [1.82, 2.24) is 10.3 Å². The molecule has 0 unspecified atom stereocenters. The van der Waals surface area contributed by atoms with Gasteiger partial charge in [-0.1, -0.05) is 48.0 Å². The maximum atomic E-state index is 12.4. The lowest BCUT2D eigenvalue weighted by Gasteiger charge is -2.13. The van der Waals surface area contributed by atoms with Crippen LogP contribution in [0.25, 0.3) is 0 Å². The third kappa shape index (κ3) is 4.25. The van der Waals surface area contributed by atoms with Gasteiger partial charge < -0.3 is 10.6 Å². The Bertz CT molecular complexity index is 874. The van der Waals surface area contributed by atoms with E-state index in [1.165, 1.54) is 16.9 Å². The smallest absolute Gasteiger partial charge is 0.271 e. The number of hydrogen-bond donors (Lipinski definition) is 2. The fraction of sp³-hybridized carbons (Fsp3) is 0.200. The molecular formula is C20H21N3OS. The van der Waals surface area contributed by atoms with Crippen LogP contribution in [-0.2, 0) is 0 Å². The van der Waals surface area contributed by atoms with E-state index in [2.05, 4.69) is 41.6 Å². The second-order valence-corrected chi connectivity index (χ2v) is 6.95.